The normalized spacial score (nSPS) is 10.6. The van der Waals surface area contributed by atoms with Crippen LogP contribution >= 0.6 is 11.3 Å². The van der Waals surface area contributed by atoms with E-state index in [-0.39, 0.29) is 5.56 Å². The van der Waals surface area contributed by atoms with Gasteiger partial charge in [0.25, 0.3) is 5.91 Å². The molecule has 0 unspecified atom stereocenters. The lowest BCUT2D eigenvalue weighted by Gasteiger charge is -2.04. The minimum atomic E-state index is -0.573. The van der Waals surface area contributed by atoms with E-state index in [2.05, 4.69) is 16.2 Å². The molecule has 3 aromatic rings. The van der Waals surface area contributed by atoms with Crippen molar-refractivity contribution >= 4 is 22.9 Å². The summed E-state index contributed by atoms with van der Waals surface area (Å²) in [6.07, 6.45) is 1.40. The molecular weight excluding hydrogens is 274 g/mol. The molecule has 1 amide bonds. The molecule has 0 aliphatic heterocycles. The van der Waals surface area contributed by atoms with Crippen molar-refractivity contribution < 1.29 is 4.79 Å². The van der Waals surface area contributed by atoms with Gasteiger partial charge < -0.3 is 5.73 Å². The minimum absolute atomic E-state index is 0.269. The Labute approximate surface area is 118 Å². The zero-order valence-electron chi connectivity index (χ0n) is 10.5. The molecule has 0 atom stereocenters. The van der Waals surface area contributed by atoms with Crippen LogP contribution < -0.4 is 5.73 Å². The van der Waals surface area contributed by atoms with E-state index in [0.29, 0.717) is 16.9 Å². The fraction of sp³-hybridized carbons (Fsp3) is 0.0769. The van der Waals surface area contributed by atoms with Crippen molar-refractivity contribution in [3.63, 3.8) is 0 Å². The quantitative estimate of drug-likeness (QED) is 0.774. The first-order chi connectivity index (χ1) is 9.61. The highest BCUT2D eigenvalue weighted by Gasteiger charge is 2.16. The first-order valence-electron chi connectivity index (χ1n) is 5.75. The average Bonchev–Trinajstić information content (AvgIpc) is 3.04. The smallest absolute Gasteiger partial charge is 0.254 e. The molecule has 0 radical (unpaired) electrons. The van der Waals surface area contributed by atoms with Gasteiger partial charge in [0.15, 0.2) is 5.65 Å². The van der Waals surface area contributed by atoms with Crippen LogP contribution in [0.5, 0.6) is 0 Å². The van der Waals surface area contributed by atoms with E-state index in [1.54, 1.807) is 10.6 Å². The van der Waals surface area contributed by atoms with Gasteiger partial charge in [-0.1, -0.05) is 0 Å². The third kappa shape index (κ3) is 1.74. The maximum absolute atomic E-state index is 11.4. The van der Waals surface area contributed by atoms with Crippen LogP contribution in [0.2, 0.25) is 0 Å². The summed E-state index contributed by atoms with van der Waals surface area (Å²) in [5.41, 5.74) is 8.01. The van der Waals surface area contributed by atoms with E-state index in [1.165, 1.54) is 17.5 Å². The van der Waals surface area contributed by atoms with Crippen molar-refractivity contribution in [1.82, 2.24) is 14.6 Å². The van der Waals surface area contributed by atoms with Gasteiger partial charge in [-0.05, 0) is 24.4 Å². The fourth-order valence-corrected chi connectivity index (χ4v) is 2.81. The molecule has 6 nitrogen and oxygen atoms in total. The molecule has 0 bridgehead atoms. The van der Waals surface area contributed by atoms with Gasteiger partial charge in [0.1, 0.15) is 11.6 Å². The molecule has 3 rings (SSSR count). The van der Waals surface area contributed by atoms with Crippen LogP contribution in [0.25, 0.3) is 16.2 Å². The monoisotopic (exact) mass is 283 g/mol. The Kier molecular flexibility index (Phi) is 2.73. The molecule has 0 saturated heterocycles. The average molecular weight is 283 g/mol. The first kappa shape index (κ1) is 12.3. The molecule has 0 fully saturated rings. The van der Waals surface area contributed by atoms with E-state index in [1.807, 2.05) is 18.4 Å². The number of carbonyl (C=O) groups excluding carboxylic acids is 1. The maximum atomic E-state index is 11.4. The summed E-state index contributed by atoms with van der Waals surface area (Å²) in [7, 11) is 0. The van der Waals surface area contributed by atoms with Crippen molar-refractivity contribution in [2.45, 2.75) is 6.92 Å². The molecule has 0 aliphatic rings. The van der Waals surface area contributed by atoms with Crippen LogP contribution in [0.15, 0.2) is 23.7 Å². The van der Waals surface area contributed by atoms with Crippen molar-refractivity contribution in [1.29, 1.82) is 5.26 Å². The van der Waals surface area contributed by atoms with Crippen LogP contribution in [0.4, 0.5) is 0 Å². The second-order valence-electron chi connectivity index (χ2n) is 4.22. The Hall–Kier alpha value is -2.72. The maximum Gasteiger partial charge on any atom is 0.254 e. The van der Waals surface area contributed by atoms with Crippen LogP contribution in [-0.4, -0.2) is 20.5 Å². The Morgan fingerprint density at radius 1 is 1.55 bits per heavy atom. The Morgan fingerprint density at radius 3 is 3.05 bits per heavy atom. The highest BCUT2D eigenvalue weighted by Crippen LogP contribution is 2.29. The molecule has 0 aromatic carbocycles. The summed E-state index contributed by atoms with van der Waals surface area (Å²) < 4.78 is 1.56. The Bertz CT molecular complexity index is 871. The molecule has 7 heteroatoms. The lowest BCUT2D eigenvalue weighted by atomic mass is 10.2. The lowest BCUT2D eigenvalue weighted by molar-refractivity contribution is 0.100. The molecule has 3 heterocycles. The molecule has 2 N–H and O–H groups in total. The van der Waals surface area contributed by atoms with Crippen LogP contribution in [-0.2, 0) is 0 Å². The summed E-state index contributed by atoms with van der Waals surface area (Å²) in [4.78, 5) is 16.6. The summed E-state index contributed by atoms with van der Waals surface area (Å²) in [5.74, 6) is -0.573. The number of rotatable bonds is 2. The number of thiophene rings is 1. The van der Waals surface area contributed by atoms with Gasteiger partial charge in [-0.3, -0.25) is 4.79 Å². The predicted molar refractivity (Wildman–Crippen MR) is 74.3 cm³/mol. The fourth-order valence-electron chi connectivity index (χ4n) is 2.00. The summed E-state index contributed by atoms with van der Waals surface area (Å²) in [5, 5.41) is 15.0. The summed E-state index contributed by atoms with van der Waals surface area (Å²) in [6, 6.07) is 5.70. The number of nitrogens with two attached hydrogens (primary N) is 1. The Morgan fingerprint density at radius 2 is 2.35 bits per heavy atom. The van der Waals surface area contributed by atoms with E-state index in [4.69, 9.17) is 11.0 Å². The van der Waals surface area contributed by atoms with Crippen LogP contribution in [0.3, 0.4) is 0 Å². The van der Waals surface area contributed by atoms with Gasteiger partial charge in [0.2, 0.25) is 0 Å². The molecule has 0 saturated carbocycles. The van der Waals surface area contributed by atoms with E-state index in [0.717, 1.165) is 10.6 Å². The highest BCUT2D eigenvalue weighted by molar-refractivity contribution is 7.13. The molecule has 0 spiro atoms. The second-order valence-corrected chi connectivity index (χ2v) is 5.13. The number of amides is 1. The van der Waals surface area contributed by atoms with Gasteiger partial charge in [-0.2, -0.15) is 10.4 Å². The third-order valence-corrected chi connectivity index (χ3v) is 3.87. The van der Waals surface area contributed by atoms with Gasteiger partial charge >= 0.3 is 0 Å². The van der Waals surface area contributed by atoms with Crippen molar-refractivity contribution in [3.05, 3.63) is 40.5 Å². The third-order valence-electron chi connectivity index (χ3n) is 2.93. The molecule has 3 aromatic heterocycles. The topological polar surface area (TPSA) is 97.1 Å². The number of nitriles is 1. The largest absolute Gasteiger partial charge is 0.365 e. The molecule has 20 heavy (non-hydrogen) atoms. The standard InChI is InChI=1S/C13H9N5OS/c1-7-4-10(11-8(5-14)2-3-20-11)17-13-9(12(15)19)6-16-18(7)13/h2-4,6H,1H3,(H2,15,19). The van der Waals surface area contributed by atoms with Crippen molar-refractivity contribution in [2.24, 2.45) is 5.73 Å². The van der Waals surface area contributed by atoms with Crippen LogP contribution in [0, 0.1) is 18.3 Å². The zero-order valence-corrected chi connectivity index (χ0v) is 11.3. The number of aromatic nitrogens is 3. The van der Waals surface area contributed by atoms with Crippen LogP contribution in [0.1, 0.15) is 21.6 Å². The first-order valence-corrected chi connectivity index (χ1v) is 6.63. The number of hydrogen-bond acceptors (Lipinski definition) is 5. The zero-order chi connectivity index (χ0) is 14.3. The second kappa shape index (κ2) is 4.43. The minimum Gasteiger partial charge on any atom is -0.365 e. The number of carbonyl (C=O) groups is 1. The van der Waals surface area contributed by atoms with Crippen molar-refractivity contribution in [3.8, 4) is 16.6 Å². The van der Waals surface area contributed by atoms with Gasteiger partial charge in [0.05, 0.1) is 22.3 Å². The number of primary amides is 1. The molecule has 98 valence electrons. The van der Waals surface area contributed by atoms with Gasteiger partial charge in [-0.25, -0.2) is 9.50 Å². The summed E-state index contributed by atoms with van der Waals surface area (Å²) in [6.45, 7) is 1.86. The van der Waals surface area contributed by atoms with Gasteiger partial charge in [-0.15, -0.1) is 11.3 Å². The molecule has 0 aliphatic carbocycles. The number of hydrogen-bond donors (Lipinski definition) is 1. The molecular formula is C13H9N5OS. The lowest BCUT2D eigenvalue weighted by Crippen LogP contribution is -2.11. The highest BCUT2D eigenvalue weighted by atomic mass is 32.1. The summed E-state index contributed by atoms with van der Waals surface area (Å²) >= 11 is 1.43. The van der Waals surface area contributed by atoms with E-state index >= 15 is 0 Å². The van der Waals surface area contributed by atoms with Gasteiger partial charge in [0, 0.05) is 5.69 Å². The SMILES string of the molecule is Cc1cc(-c2sccc2C#N)nc2c(C(N)=O)cnn12. The predicted octanol–water partition coefficient (Wildman–Crippen LogP) is 1.74. The van der Waals surface area contributed by atoms with E-state index < -0.39 is 5.91 Å². The Balaban J connectivity index is 2.31. The van der Waals surface area contributed by atoms with Crippen molar-refractivity contribution in [2.75, 3.05) is 0 Å². The van der Waals surface area contributed by atoms with E-state index in [9.17, 15) is 4.79 Å². The number of fused-ring (bicyclic) bond motifs is 1. The number of nitrogens with zero attached hydrogens (tertiary/aromatic N) is 4. The number of aryl methyl sites for hydroxylation is 1.